The largest absolute Gasteiger partial charge is 0.497 e. The fourth-order valence-corrected chi connectivity index (χ4v) is 3.91. The van der Waals surface area contributed by atoms with Gasteiger partial charge < -0.3 is 14.5 Å². The van der Waals surface area contributed by atoms with Gasteiger partial charge in [0.15, 0.2) is 10.7 Å². The van der Waals surface area contributed by atoms with Crippen molar-refractivity contribution in [2.45, 2.75) is 6.92 Å². The highest BCUT2D eigenvalue weighted by Crippen LogP contribution is 2.29. The lowest BCUT2D eigenvalue weighted by Gasteiger charge is -2.13. The quantitative estimate of drug-likeness (QED) is 0.312. The number of aromatic nitrogens is 1. The molecule has 34 heavy (non-hydrogen) atoms. The van der Waals surface area contributed by atoms with Crippen molar-refractivity contribution in [1.29, 1.82) is 0 Å². The number of hydrogen-bond acceptors (Lipinski definition) is 5. The molecule has 0 bridgehead atoms. The van der Waals surface area contributed by atoms with E-state index in [1.165, 1.54) is 0 Å². The second-order valence-electron chi connectivity index (χ2n) is 7.85. The van der Waals surface area contributed by atoms with Gasteiger partial charge in [-0.05, 0) is 71.9 Å². The number of anilines is 1. The van der Waals surface area contributed by atoms with Crippen LogP contribution in [0, 0.1) is 6.92 Å². The number of amides is 1. The number of benzene rings is 4. The van der Waals surface area contributed by atoms with Gasteiger partial charge in [0.1, 0.15) is 11.3 Å². The summed E-state index contributed by atoms with van der Waals surface area (Å²) in [7, 11) is 1.61. The predicted molar refractivity (Wildman–Crippen MR) is 138 cm³/mol. The van der Waals surface area contributed by atoms with Crippen LogP contribution in [-0.2, 0) is 0 Å². The summed E-state index contributed by atoms with van der Waals surface area (Å²) in [6, 6.07) is 24.7. The molecule has 1 amide bonds. The van der Waals surface area contributed by atoms with Crippen LogP contribution >= 0.6 is 12.2 Å². The molecule has 0 saturated heterocycles. The van der Waals surface area contributed by atoms with Gasteiger partial charge in [0.25, 0.3) is 5.91 Å². The first-order valence-corrected chi connectivity index (χ1v) is 11.1. The highest BCUT2D eigenvalue weighted by Gasteiger charge is 2.13. The van der Waals surface area contributed by atoms with E-state index in [9.17, 15) is 4.79 Å². The molecule has 1 aromatic heterocycles. The van der Waals surface area contributed by atoms with Gasteiger partial charge in [0.05, 0.1) is 7.11 Å². The van der Waals surface area contributed by atoms with E-state index >= 15 is 0 Å². The first-order chi connectivity index (χ1) is 16.5. The number of nitrogens with one attached hydrogen (secondary N) is 2. The number of nitrogens with zero attached hydrogens (tertiary/aromatic N) is 1. The molecule has 4 aromatic carbocycles. The molecular weight excluding hydrogens is 446 g/mol. The highest BCUT2D eigenvalue weighted by atomic mass is 32.1. The molecule has 0 spiro atoms. The number of carbonyl (C=O) groups excluding carboxylic acids is 1. The lowest BCUT2D eigenvalue weighted by Crippen LogP contribution is -2.34. The maximum absolute atomic E-state index is 12.7. The summed E-state index contributed by atoms with van der Waals surface area (Å²) < 4.78 is 11.2. The van der Waals surface area contributed by atoms with Crippen molar-refractivity contribution in [3.63, 3.8) is 0 Å². The Bertz CT molecular complexity index is 1560. The zero-order valence-corrected chi connectivity index (χ0v) is 19.4. The van der Waals surface area contributed by atoms with E-state index in [-0.39, 0.29) is 11.0 Å². The van der Waals surface area contributed by atoms with Crippen molar-refractivity contribution in [2.24, 2.45) is 0 Å². The summed E-state index contributed by atoms with van der Waals surface area (Å²) >= 11 is 5.41. The van der Waals surface area contributed by atoms with Crippen molar-refractivity contribution >= 4 is 50.8 Å². The molecule has 2 N–H and O–H groups in total. The van der Waals surface area contributed by atoms with Crippen molar-refractivity contribution in [1.82, 2.24) is 10.3 Å². The summed E-state index contributed by atoms with van der Waals surface area (Å²) in [5.41, 5.74) is 4.42. The second kappa shape index (κ2) is 8.96. The average molecular weight is 468 g/mol. The van der Waals surface area contributed by atoms with E-state index in [2.05, 4.69) is 15.6 Å². The predicted octanol–water partition coefficient (Wildman–Crippen LogP) is 6.09. The fraction of sp³-hybridized carbons (Fsp3) is 0.0741. The van der Waals surface area contributed by atoms with Gasteiger partial charge in [-0.15, -0.1) is 0 Å². The van der Waals surface area contributed by atoms with Crippen molar-refractivity contribution in [2.75, 3.05) is 12.4 Å². The van der Waals surface area contributed by atoms with Gasteiger partial charge in [-0.1, -0.05) is 36.4 Å². The van der Waals surface area contributed by atoms with E-state index in [4.69, 9.17) is 21.4 Å². The topological polar surface area (TPSA) is 76.4 Å². The molecule has 0 aliphatic carbocycles. The molecule has 0 atom stereocenters. The van der Waals surface area contributed by atoms with Crippen LogP contribution in [0.3, 0.4) is 0 Å². The molecule has 0 fully saturated rings. The van der Waals surface area contributed by atoms with Gasteiger partial charge in [-0.3, -0.25) is 10.1 Å². The van der Waals surface area contributed by atoms with Gasteiger partial charge >= 0.3 is 0 Å². The minimum absolute atomic E-state index is 0.209. The number of fused-ring (bicyclic) bond motifs is 2. The fourth-order valence-electron chi connectivity index (χ4n) is 3.71. The molecule has 7 heteroatoms. The molecule has 0 aliphatic rings. The lowest BCUT2D eigenvalue weighted by molar-refractivity contribution is 0.0978. The Morgan fingerprint density at radius 3 is 2.62 bits per heavy atom. The van der Waals surface area contributed by atoms with E-state index in [1.807, 2.05) is 79.7 Å². The van der Waals surface area contributed by atoms with Crippen LogP contribution in [0.25, 0.3) is 33.3 Å². The second-order valence-corrected chi connectivity index (χ2v) is 8.26. The number of thiocarbonyl (C=S) groups is 1. The van der Waals surface area contributed by atoms with E-state index in [0.29, 0.717) is 28.3 Å². The lowest BCUT2D eigenvalue weighted by atomic mass is 10.1. The first-order valence-electron chi connectivity index (χ1n) is 10.7. The maximum Gasteiger partial charge on any atom is 0.257 e. The third-order valence-corrected chi connectivity index (χ3v) is 5.77. The first kappa shape index (κ1) is 21.6. The van der Waals surface area contributed by atoms with Crippen molar-refractivity contribution < 1.29 is 13.9 Å². The molecule has 168 valence electrons. The summed E-state index contributed by atoms with van der Waals surface area (Å²) in [5, 5.41) is 8.16. The van der Waals surface area contributed by atoms with Crippen LogP contribution in [0.5, 0.6) is 5.75 Å². The Morgan fingerprint density at radius 1 is 0.971 bits per heavy atom. The normalized spacial score (nSPS) is 10.9. The van der Waals surface area contributed by atoms with Crippen molar-refractivity contribution in [3.8, 4) is 17.2 Å². The summed E-state index contributed by atoms with van der Waals surface area (Å²) in [4.78, 5) is 17.3. The summed E-state index contributed by atoms with van der Waals surface area (Å²) in [6.07, 6.45) is 0. The molecule has 0 unspecified atom stereocenters. The minimum atomic E-state index is -0.273. The standard InChI is InChI=1S/C27H21N3O3S/c1-16-7-8-20(26-28-23-15-21(32-2)11-12-24(23)33-26)14-22(16)29-27(34)30-25(31)19-10-9-17-5-3-4-6-18(17)13-19/h3-15H,1-2H3,(H2,29,30,31,34). The number of hydrogen-bond donors (Lipinski definition) is 2. The number of ether oxygens (including phenoxy) is 1. The highest BCUT2D eigenvalue weighted by molar-refractivity contribution is 7.80. The molecule has 6 nitrogen and oxygen atoms in total. The molecule has 0 saturated carbocycles. The molecule has 0 radical (unpaired) electrons. The molecule has 5 aromatic rings. The number of aryl methyl sites for hydroxylation is 1. The van der Waals surface area contributed by atoms with Crippen LogP contribution < -0.4 is 15.4 Å². The monoisotopic (exact) mass is 467 g/mol. The van der Waals surface area contributed by atoms with Crippen LogP contribution in [-0.4, -0.2) is 23.1 Å². The minimum Gasteiger partial charge on any atom is -0.497 e. The third-order valence-electron chi connectivity index (χ3n) is 5.57. The molecule has 0 aliphatic heterocycles. The molecule has 1 heterocycles. The van der Waals surface area contributed by atoms with Gasteiger partial charge in [-0.2, -0.15) is 0 Å². The number of carbonyl (C=O) groups is 1. The Hall–Kier alpha value is -4.23. The van der Waals surface area contributed by atoms with E-state index in [0.717, 1.165) is 27.6 Å². The van der Waals surface area contributed by atoms with Gasteiger partial charge in [-0.25, -0.2) is 4.98 Å². The maximum atomic E-state index is 12.7. The van der Waals surface area contributed by atoms with Crippen LogP contribution in [0.1, 0.15) is 15.9 Å². The average Bonchev–Trinajstić information content (AvgIpc) is 3.28. The number of oxazole rings is 1. The third kappa shape index (κ3) is 4.33. The Kier molecular flexibility index (Phi) is 5.69. The van der Waals surface area contributed by atoms with E-state index in [1.54, 1.807) is 13.2 Å². The molecule has 5 rings (SSSR count). The van der Waals surface area contributed by atoms with E-state index < -0.39 is 0 Å². The summed E-state index contributed by atoms with van der Waals surface area (Å²) in [5.74, 6) is 0.925. The number of methoxy groups -OCH3 is 1. The Morgan fingerprint density at radius 2 is 1.79 bits per heavy atom. The smallest absolute Gasteiger partial charge is 0.257 e. The Balaban J connectivity index is 1.34. The molecular formula is C27H21N3O3S. The van der Waals surface area contributed by atoms with Gasteiger partial charge in [0, 0.05) is 22.9 Å². The van der Waals surface area contributed by atoms with Crippen LogP contribution in [0.4, 0.5) is 5.69 Å². The van der Waals surface area contributed by atoms with Crippen LogP contribution in [0.15, 0.2) is 83.3 Å². The zero-order chi connectivity index (χ0) is 23.7. The van der Waals surface area contributed by atoms with Crippen LogP contribution in [0.2, 0.25) is 0 Å². The van der Waals surface area contributed by atoms with Crippen molar-refractivity contribution in [3.05, 3.63) is 90.0 Å². The summed E-state index contributed by atoms with van der Waals surface area (Å²) in [6.45, 7) is 1.96. The Labute approximate surface area is 201 Å². The van der Waals surface area contributed by atoms with Gasteiger partial charge in [0.2, 0.25) is 5.89 Å². The SMILES string of the molecule is COc1ccc2oc(-c3ccc(C)c(NC(=S)NC(=O)c4ccc5ccccc5c4)c3)nc2c1. The number of rotatable bonds is 4. The zero-order valence-electron chi connectivity index (χ0n) is 18.6.